The number of benzene rings is 2. The summed E-state index contributed by atoms with van der Waals surface area (Å²) in [5.41, 5.74) is 4.73. The number of rotatable bonds is 8. The second-order valence-corrected chi connectivity index (χ2v) is 7.46. The van der Waals surface area contributed by atoms with Gasteiger partial charge in [-0.05, 0) is 49.0 Å². The second-order valence-electron chi connectivity index (χ2n) is 5.80. The monoisotopic (exact) mass is 489 g/mol. The van der Waals surface area contributed by atoms with Crippen molar-refractivity contribution in [3.05, 3.63) is 57.5 Å². The molecular weight excluding hydrogens is 473 g/mol. The van der Waals surface area contributed by atoms with Gasteiger partial charge in [0.25, 0.3) is 5.91 Å². The van der Waals surface area contributed by atoms with Crippen LogP contribution in [0.5, 0.6) is 11.5 Å². The van der Waals surface area contributed by atoms with Gasteiger partial charge < -0.3 is 14.8 Å². The number of ether oxygens (including phenoxy) is 2. The maximum absolute atomic E-state index is 11.9. The van der Waals surface area contributed by atoms with Gasteiger partial charge in [-0.15, -0.1) is 0 Å². The third kappa shape index (κ3) is 8.62. The minimum Gasteiger partial charge on any atom is -0.492 e. The Hall–Kier alpha value is -2.26. The van der Waals surface area contributed by atoms with E-state index in [0.29, 0.717) is 33.0 Å². The van der Waals surface area contributed by atoms with E-state index in [2.05, 4.69) is 16.2 Å². The fraction of sp³-hybridized carbons (Fsp3) is 0.211. The molecule has 0 radical (unpaired) electrons. The van der Waals surface area contributed by atoms with E-state index in [9.17, 15) is 9.59 Å². The number of hydrogen-bond donors (Lipinski definition) is 3. The summed E-state index contributed by atoms with van der Waals surface area (Å²) in [6.45, 7) is 0.00295. The lowest BCUT2D eigenvalue weighted by atomic mass is 10.3. The van der Waals surface area contributed by atoms with Gasteiger partial charge in [0, 0.05) is 11.4 Å². The van der Waals surface area contributed by atoms with Crippen molar-refractivity contribution < 1.29 is 19.1 Å². The van der Waals surface area contributed by atoms with E-state index in [-0.39, 0.29) is 30.7 Å². The summed E-state index contributed by atoms with van der Waals surface area (Å²) in [7, 11) is 0. The Morgan fingerprint density at radius 3 is 2.37 bits per heavy atom. The fourth-order valence-electron chi connectivity index (χ4n) is 2.10. The average molecular weight is 491 g/mol. The minimum absolute atomic E-state index is 0.0484. The van der Waals surface area contributed by atoms with Crippen LogP contribution in [0.1, 0.15) is 12.8 Å². The Kier molecular flexibility index (Phi) is 9.96. The Bertz CT molecular complexity index is 914. The summed E-state index contributed by atoms with van der Waals surface area (Å²) in [5, 5.41) is 3.69. The van der Waals surface area contributed by atoms with Crippen LogP contribution in [0.15, 0.2) is 42.5 Å². The highest BCUT2D eigenvalue weighted by molar-refractivity contribution is 7.80. The predicted octanol–water partition coefficient (Wildman–Crippen LogP) is 3.91. The molecule has 0 heterocycles. The van der Waals surface area contributed by atoms with Gasteiger partial charge >= 0.3 is 0 Å². The molecule has 11 heteroatoms. The molecule has 2 rings (SSSR count). The first-order chi connectivity index (χ1) is 14.3. The lowest BCUT2D eigenvalue weighted by Gasteiger charge is -2.12. The average Bonchev–Trinajstić information content (AvgIpc) is 2.70. The normalized spacial score (nSPS) is 10.1. The number of nitrogens with one attached hydrogen (secondary N) is 3. The molecule has 0 saturated carbocycles. The molecule has 0 fully saturated rings. The van der Waals surface area contributed by atoms with Crippen molar-refractivity contribution >= 4 is 63.9 Å². The van der Waals surface area contributed by atoms with Gasteiger partial charge in [-0.25, -0.2) is 0 Å². The second kappa shape index (κ2) is 12.4. The van der Waals surface area contributed by atoms with Gasteiger partial charge in [0.05, 0.1) is 16.7 Å². The van der Waals surface area contributed by atoms with Crippen LogP contribution in [-0.4, -0.2) is 30.1 Å². The molecular formula is C19H18Cl3N3O4S. The molecule has 2 aromatic rings. The van der Waals surface area contributed by atoms with Crippen LogP contribution in [0, 0.1) is 0 Å². The van der Waals surface area contributed by atoms with Crippen molar-refractivity contribution in [2.45, 2.75) is 12.8 Å². The summed E-state index contributed by atoms with van der Waals surface area (Å²) in [6, 6.07) is 11.7. The molecule has 0 aromatic heterocycles. The standard InChI is InChI=1S/C19H18Cl3N3O4S/c20-12-7-8-16(14(22)10-12)28-9-3-6-17(26)23-19(30)25-24-18(27)11-29-15-5-2-1-4-13(15)21/h1-2,4-5,7-8,10H,3,6,9,11H2,(H,24,27)(H2,23,25,26,30). The van der Waals surface area contributed by atoms with Crippen LogP contribution < -0.4 is 25.6 Å². The van der Waals surface area contributed by atoms with E-state index in [4.69, 9.17) is 56.5 Å². The van der Waals surface area contributed by atoms with E-state index in [0.717, 1.165) is 0 Å². The molecule has 0 saturated heterocycles. The summed E-state index contributed by atoms with van der Waals surface area (Å²) in [6.07, 6.45) is 0.599. The topological polar surface area (TPSA) is 88.7 Å². The zero-order valence-corrected chi connectivity index (χ0v) is 18.6. The number of carbonyl (C=O) groups is 2. The molecule has 0 unspecified atom stereocenters. The van der Waals surface area contributed by atoms with E-state index >= 15 is 0 Å². The predicted molar refractivity (Wildman–Crippen MR) is 120 cm³/mol. The van der Waals surface area contributed by atoms with E-state index in [1.165, 1.54) is 0 Å². The molecule has 0 aliphatic carbocycles. The molecule has 30 heavy (non-hydrogen) atoms. The molecule has 0 aliphatic rings. The first kappa shape index (κ1) is 24.0. The van der Waals surface area contributed by atoms with Crippen LogP contribution in [-0.2, 0) is 9.59 Å². The first-order valence-corrected chi connectivity index (χ1v) is 10.2. The number of hydrogen-bond acceptors (Lipinski definition) is 5. The van der Waals surface area contributed by atoms with Crippen molar-refractivity contribution in [1.29, 1.82) is 0 Å². The van der Waals surface area contributed by atoms with E-state index in [1.807, 2.05) is 0 Å². The van der Waals surface area contributed by atoms with Crippen LogP contribution in [0.2, 0.25) is 15.1 Å². The fourth-order valence-corrected chi connectivity index (χ4v) is 2.91. The summed E-state index contributed by atoms with van der Waals surface area (Å²) in [4.78, 5) is 23.6. The lowest BCUT2D eigenvalue weighted by molar-refractivity contribution is -0.124. The Morgan fingerprint density at radius 2 is 1.63 bits per heavy atom. The number of hydrazine groups is 1. The smallest absolute Gasteiger partial charge is 0.276 e. The molecule has 160 valence electrons. The molecule has 0 spiro atoms. The third-order valence-corrected chi connectivity index (χ3v) is 4.51. The highest BCUT2D eigenvalue weighted by Crippen LogP contribution is 2.27. The Morgan fingerprint density at radius 1 is 0.900 bits per heavy atom. The quantitative estimate of drug-likeness (QED) is 0.295. The van der Waals surface area contributed by atoms with Crippen molar-refractivity contribution in [2.24, 2.45) is 0 Å². The molecule has 0 aliphatic heterocycles. The van der Waals surface area contributed by atoms with Crippen LogP contribution in [0.4, 0.5) is 0 Å². The SMILES string of the molecule is O=C(COc1ccccc1Cl)NNC(=S)NC(=O)CCCOc1ccc(Cl)cc1Cl. The van der Waals surface area contributed by atoms with Gasteiger partial charge in [0.1, 0.15) is 11.5 Å². The van der Waals surface area contributed by atoms with Crippen molar-refractivity contribution in [3.63, 3.8) is 0 Å². The van der Waals surface area contributed by atoms with Crippen molar-refractivity contribution in [3.8, 4) is 11.5 Å². The highest BCUT2D eigenvalue weighted by atomic mass is 35.5. The van der Waals surface area contributed by atoms with E-state index < -0.39 is 5.91 Å². The third-order valence-electron chi connectivity index (χ3n) is 3.46. The molecule has 2 amide bonds. The van der Waals surface area contributed by atoms with Gasteiger partial charge in [0.2, 0.25) is 5.91 Å². The summed E-state index contributed by atoms with van der Waals surface area (Å²) < 4.78 is 10.8. The first-order valence-electron chi connectivity index (χ1n) is 8.69. The zero-order chi connectivity index (χ0) is 21.9. The van der Waals surface area contributed by atoms with Crippen LogP contribution in [0.25, 0.3) is 0 Å². The Balaban J connectivity index is 1.59. The molecule has 7 nitrogen and oxygen atoms in total. The van der Waals surface area contributed by atoms with E-state index in [1.54, 1.807) is 42.5 Å². The molecule has 0 bridgehead atoms. The minimum atomic E-state index is -0.500. The summed E-state index contributed by atoms with van der Waals surface area (Å²) in [5.74, 6) is 0.0346. The van der Waals surface area contributed by atoms with Crippen LogP contribution in [0.3, 0.4) is 0 Å². The van der Waals surface area contributed by atoms with Gasteiger partial charge in [-0.1, -0.05) is 46.9 Å². The number of halogens is 3. The van der Waals surface area contributed by atoms with Crippen molar-refractivity contribution in [1.82, 2.24) is 16.2 Å². The maximum Gasteiger partial charge on any atom is 0.276 e. The van der Waals surface area contributed by atoms with Gasteiger partial charge in [-0.3, -0.25) is 20.4 Å². The maximum atomic E-state index is 11.9. The van der Waals surface area contributed by atoms with Crippen molar-refractivity contribution in [2.75, 3.05) is 13.2 Å². The largest absolute Gasteiger partial charge is 0.492 e. The number of carbonyl (C=O) groups excluding carboxylic acids is 2. The highest BCUT2D eigenvalue weighted by Gasteiger charge is 2.08. The zero-order valence-electron chi connectivity index (χ0n) is 15.5. The lowest BCUT2D eigenvalue weighted by Crippen LogP contribution is -2.49. The van der Waals surface area contributed by atoms with Crippen LogP contribution >= 0.6 is 47.0 Å². The van der Waals surface area contributed by atoms with Gasteiger partial charge in [0.15, 0.2) is 11.7 Å². The number of amides is 2. The summed E-state index contributed by atoms with van der Waals surface area (Å²) >= 11 is 22.7. The molecule has 3 N–H and O–H groups in total. The molecule has 2 aromatic carbocycles. The molecule has 0 atom stereocenters. The van der Waals surface area contributed by atoms with Gasteiger partial charge in [-0.2, -0.15) is 0 Å². The number of thiocarbonyl (C=S) groups is 1. The number of para-hydroxylation sites is 1. The Labute approximate surface area is 193 Å².